The Bertz CT molecular complexity index is 1270. The number of carbonyl (C=O) groups is 2. The van der Waals surface area contributed by atoms with Crippen LogP contribution in [0.4, 0.5) is 17.1 Å². The third kappa shape index (κ3) is 2.56. The first-order valence-corrected chi connectivity index (χ1v) is 9.20. The first-order valence-electron chi connectivity index (χ1n) is 9.20. The topological polar surface area (TPSA) is 69.6 Å². The smallest absolute Gasteiger partial charge is 0.270 e. The van der Waals surface area contributed by atoms with Gasteiger partial charge < -0.3 is 10.4 Å². The van der Waals surface area contributed by atoms with Crippen LogP contribution >= 0.6 is 0 Å². The Kier molecular flexibility index (Phi) is 3.81. The van der Waals surface area contributed by atoms with Gasteiger partial charge in [-0.25, -0.2) is 4.90 Å². The van der Waals surface area contributed by atoms with Crippen molar-refractivity contribution < 1.29 is 14.7 Å². The lowest BCUT2D eigenvalue weighted by Gasteiger charge is -2.15. The van der Waals surface area contributed by atoms with Gasteiger partial charge in [-0.15, -0.1) is 0 Å². The molecule has 0 saturated carbocycles. The maximum atomic E-state index is 13.4. The molecule has 2 N–H and O–H groups in total. The van der Waals surface area contributed by atoms with E-state index < -0.39 is 11.8 Å². The molecule has 0 saturated heterocycles. The van der Waals surface area contributed by atoms with Crippen molar-refractivity contribution in [3.63, 3.8) is 0 Å². The third-order valence-electron chi connectivity index (χ3n) is 5.08. The van der Waals surface area contributed by atoms with Crippen LogP contribution in [0.25, 0.3) is 10.8 Å². The summed E-state index contributed by atoms with van der Waals surface area (Å²) in [7, 11) is 0. The highest BCUT2D eigenvalue weighted by atomic mass is 16.3. The van der Waals surface area contributed by atoms with Crippen molar-refractivity contribution in [3.05, 3.63) is 96.1 Å². The monoisotopic (exact) mass is 380 g/mol. The zero-order valence-corrected chi connectivity index (χ0v) is 15.3. The molecule has 0 radical (unpaired) electrons. The molecule has 2 amide bonds. The molecule has 4 aromatic carbocycles. The Morgan fingerprint density at radius 1 is 0.655 bits per heavy atom. The Morgan fingerprint density at radius 3 is 1.90 bits per heavy atom. The van der Waals surface area contributed by atoms with Gasteiger partial charge in [-0.3, -0.25) is 9.59 Å². The molecule has 5 rings (SSSR count). The first kappa shape index (κ1) is 17.0. The minimum Gasteiger partial charge on any atom is -0.506 e. The van der Waals surface area contributed by atoms with E-state index in [2.05, 4.69) is 5.32 Å². The number of rotatable bonds is 3. The van der Waals surface area contributed by atoms with Crippen LogP contribution in [0.3, 0.4) is 0 Å². The van der Waals surface area contributed by atoms with Crippen molar-refractivity contribution in [3.8, 4) is 5.75 Å². The van der Waals surface area contributed by atoms with E-state index in [-0.39, 0.29) is 16.9 Å². The number of aromatic hydroxyl groups is 1. The molecule has 140 valence electrons. The number of fused-ring (bicyclic) bond motifs is 2. The van der Waals surface area contributed by atoms with Crippen LogP contribution in [-0.2, 0) is 0 Å². The number of hydrogen-bond donors (Lipinski definition) is 2. The molecule has 0 fully saturated rings. The van der Waals surface area contributed by atoms with Crippen molar-refractivity contribution in [2.45, 2.75) is 0 Å². The molecule has 0 atom stereocenters. The van der Waals surface area contributed by atoms with E-state index >= 15 is 0 Å². The van der Waals surface area contributed by atoms with Gasteiger partial charge in [-0.05, 0) is 24.3 Å². The number of carbonyl (C=O) groups excluding carboxylic acids is 2. The molecule has 4 aromatic rings. The molecular weight excluding hydrogens is 364 g/mol. The summed E-state index contributed by atoms with van der Waals surface area (Å²) in [5, 5.41) is 15.4. The van der Waals surface area contributed by atoms with E-state index in [1.165, 1.54) is 0 Å². The summed E-state index contributed by atoms with van der Waals surface area (Å²) in [6, 6.07) is 25.3. The molecule has 0 aromatic heterocycles. The number of anilines is 3. The van der Waals surface area contributed by atoms with E-state index in [1.807, 2.05) is 48.5 Å². The van der Waals surface area contributed by atoms with Crippen LogP contribution in [0.5, 0.6) is 5.75 Å². The number of amides is 2. The first-order chi connectivity index (χ1) is 14.2. The van der Waals surface area contributed by atoms with E-state index in [1.54, 1.807) is 36.4 Å². The van der Waals surface area contributed by atoms with Crippen LogP contribution in [0.1, 0.15) is 20.7 Å². The van der Waals surface area contributed by atoms with Gasteiger partial charge in [-0.1, -0.05) is 60.7 Å². The van der Waals surface area contributed by atoms with E-state index in [4.69, 9.17) is 0 Å². The number of imide groups is 1. The number of para-hydroxylation sites is 2. The zero-order chi connectivity index (χ0) is 20.0. The molecule has 0 aliphatic carbocycles. The SMILES string of the molecule is O=C1c2c(c(Nc3ccccc3)c3ccccc3c2O)C(=O)N1c1ccccc1. The van der Waals surface area contributed by atoms with Crippen LogP contribution < -0.4 is 10.2 Å². The van der Waals surface area contributed by atoms with Crippen LogP contribution in [-0.4, -0.2) is 16.9 Å². The number of nitrogens with one attached hydrogen (secondary N) is 1. The van der Waals surface area contributed by atoms with Crippen molar-refractivity contribution >= 4 is 39.6 Å². The summed E-state index contributed by atoms with van der Waals surface area (Å²) in [4.78, 5) is 27.7. The van der Waals surface area contributed by atoms with E-state index in [9.17, 15) is 14.7 Å². The number of hydrogen-bond acceptors (Lipinski definition) is 4. The van der Waals surface area contributed by atoms with Crippen molar-refractivity contribution in [2.24, 2.45) is 0 Å². The molecule has 29 heavy (non-hydrogen) atoms. The lowest BCUT2D eigenvalue weighted by molar-refractivity contribution is 0.0926. The zero-order valence-electron chi connectivity index (χ0n) is 15.3. The van der Waals surface area contributed by atoms with Gasteiger partial charge in [0.25, 0.3) is 11.8 Å². The minimum atomic E-state index is -0.532. The van der Waals surface area contributed by atoms with Gasteiger partial charge in [0.15, 0.2) is 0 Å². The average Bonchev–Trinajstić information content (AvgIpc) is 3.03. The molecule has 1 aliphatic heterocycles. The van der Waals surface area contributed by atoms with Gasteiger partial charge in [0.05, 0.1) is 22.5 Å². The molecule has 5 nitrogen and oxygen atoms in total. The summed E-state index contributed by atoms with van der Waals surface area (Å²) in [6.07, 6.45) is 0. The lowest BCUT2D eigenvalue weighted by Crippen LogP contribution is -2.29. The van der Waals surface area contributed by atoms with Crippen molar-refractivity contribution in [1.29, 1.82) is 0 Å². The average molecular weight is 380 g/mol. The standard InChI is InChI=1S/C24H16N2O3/c27-22-18-14-8-7-13-17(18)21(25-15-9-3-1-4-10-15)19-20(22)24(29)26(23(19)28)16-11-5-2-6-12-16/h1-14,25,27H. The summed E-state index contributed by atoms with van der Waals surface area (Å²) < 4.78 is 0. The van der Waals surface area contributed by atoms with E-state index in [0.717, 1.165) is 10.6 Å². The van der Waals surface area contributed by atoms with Gasteiger partial charge in [0, 0.05) is 16.5 Å². The fourth-order valence-corrected chi connectivity index (χ4v) is 3.77. The fourth-order valence-electron chi connectivity index (χ4n) is 3.77. The van der Waals surface area contributed by atoms with E-state index in [0.29, 0.717) is 22.1 Å². The van der Waals surface area contributed by atoms with Crippen LogP contribution in [0.15, 0.2) is 84.9 Å². The fraction of sp³-hybridized carbons (Fsp3) is 0. The highest BCUT2D eigenvalue weighted by Crippen LogP contribution is 2.44. The second-order valence-electron chi connectivity index (χ2n) is 6.79. The lowest BCUT2D eigenvalue weighted by atomic mass is 9.97. The van der Waals surface area contributed by atoms with Gasteiger partial charge >= 0.3 is 0 Å². The normalized spacial score (nSPS) is 13.0. The maximum Gasteiger partial charge on any atom is 0.270 e. The minimum absolute atomic E-state index is 0.0241. The second kappa shape index (κ2) is 6.49. The summed E-state index contributed by atoms with van der Waals surface area (Å²) in [6.45, 7) is 0. The van der Waals surface area contributed by atoms with Crippen LogP contribution in [0.2, 0.25) is 0 Å². The predicted molar refractivity (Wildman–Crippen MR) is 113 cm³/mol. The summed E-state index contributed by atoms with van der Waals surface area (Å²) >= 11 is 0. The Hall–Kier alpha value is -4.12. The Morgan fingerprint density at radius 2 is 1.21 bits per heavy atom. The third-order valence-corrected chi connectivity index (χ3v) is 5.08. The Balaban J connectivity index is 1.79. The van der Waals surface area contributed by atoms with Crippen molar-refractivity contribution in [1.82, 2.24) is 0 Å². The highest BCUT2D eigenvalue weighted by Gasteiger charge is 2.42. The summed E-state index contributed by atoms with van der Waals surface area (Å²) in [5.74, 6) is -1.17. The molecule has 0 unspecified atom stereocenters. The second-order valence-corrected chi connectivity index (χ2v) is 6.79. The molecule has 5 heteroatoms. The number of phenolic OH excluding ortho intramolecular Hbond substituents is 1. The quantitative estimate of drug-likeness (QED) is 0.384. The largest absolute Gasteiger partial charge is 0.506 e. The highest BCUT2D eigenvalue weighted by molar-refractivity contribution is 6.39. The molecule has 1 heterocycles. The molecule has 1 aliphatic rings. The molecule has 0 spiro atoms. The summed E-state index contributed by atoms with van der Waals surface area (Å²) in [5.41, 5.74) is 1.96. The van der Waals surface area contributed by atoms with Crippen LogP contribution in [0, 0.1) is 0 Å². The number of nitrogens with zero attached hydrogens (tertiary/aromatic N) is 1. The van der Waals surface area contributed by atoms with Gasteiger partial charge in [-0.2, -0.15) is 0 Å². The molecular formula is C24H16N2O3. The number of benzene rings is 4. The molecule has 0 bridgehead atoms. The maximum absolute atomic E-state index is 13.4. The Labute approximate surface area is 166 Å². The number of phenols is 1. The van der Waals surface area contributed by atoms with Gasteiger partial charge in [0.1, 0.15) is 5.75 Å². The van der Waals surface area contributed by atoms with Gasteiger partial charge in [0.2, 0.25) is 0 Å². The van der Waals surface area contributed by atoms with Crippen molar-refractivity contribution in [2.75, 3.05) is 10.2 Å². The predicted octanol–water partition coefficient (Wildman–Crippen LogP) is 5.09.